The summed E-state index contributed by atoms with van der Waals surface area (Å²) in [4.78, 5) is 37.0. The highest BCUT2D eigenvalue weighted by Gasteiger charge is 2.24. The van der Waals surface area contributed by atoms with Gasteiger partial charge in [-0.1, -0.05) is 31.2 Å². The summed E-state index contributed by atoms with van der Waals surface area (Å²) < 4.78 is 20.6. The Bertz CT molecular complexity index is 1050. The number of aromatic amines is 1. The Morgan fingerprint density at radius 3 is 2.61 bits per heavy atom. The third-order valence-corrected chi connectivity index (χ3v) is 4.14. The maximum absolute atomic E-state index is 12.0. The van der Waals surface area contributed by atoms with Gasteiger partial charge in [0.2, 0.25) is 0 Å². The Kier molecular flexibility index (Phi) is 5.94. The van der Waals surface area contributed by atoms with Crippen LogP contribution in [0.25, 0.3) is 23.2 Å². The third kappa shape index (κ3) is 5.07. The molecule has 0 saturated heterocycles. The molecule has 0 aliphatic rings. The average molecular weight is 402 g/mol. The molecule has 0 fully saturated rings. The topological polar surface area (TPSA) is 122 Å². The number of carbonyl (C=O) groups is 1. The number of rotatable bonds is 7. The second-order valence-corrected chi connectivity index (χ2v) is 7.11. The summed E-state index contributed by atoms with van der Waals surface area (Å²) in [5.41, 5.74) is 1.71. The van der Waals surface area contributed by atoms with Gasteiger partial charge in [-0.25, -0.2) is 14.3 Å². The molecule has 0 aliphatic carbocycles. The summed E-state index contributed by atoms with van der Waals surface area (Å²) in [5, 5.41) is 0. The molecule has 1 heterocycles. The number of carbonyl (C=O) groups excluding carboxylic acids is 1. The van der Waals surface area contributed by atoms with Gasteiger partial charge in [0.1, 0.15) is 17.1 Å². The molecule has 3 aromatic rings. The van der Waals surface area contributed by atoms with Crippen LogP contribution in [0, 0.1) is 0 Å². The van der Waals surface area contributed by atoms with Gasteiger partial charge in [0.15, 0.2) is 0 Å². The number of ether oxygens (including phenoxy) is 1. The van der Waals surface area contributed by atoms with E-state index in [2.05, 4.69) is 14.5 Å². The lowest BCUT2D eigenvalue weighted by atomic mass is 10.2. The third-order valence-electron chi connectivity index (χ3n) is 3.74. The average Bonchev–Trinajstić information content (AvgIpc) is 3.07. The summed E-state index contributed by atoms with van der Waals surface area (Å²) in [6.45, 7) is 2.71. The van der Waals surface area contributed by atoms with Crippen molar-refractivity contribution in [3.63, 3.8) is 0 Å². The molecular weight excluding hydrogens is 383 g/mol. The molecule has 0 amide bonds. The van der Waals surface area contributed by atoms with Gasteiger partial charge in [-0.2, -0.15) is 0 Å². The Balaban J connectivity index is 1.81. The summed E-state index contributed by atoms with van der Waals surface area (Å²) in [6, 6.07) is 12.2. The minimum atomic E-state index is -4.93. The largest absolute Gasteiger partial charge is 0.527 e. The quantitative estimate of drug-likeness (QED) is 0.514. The minimum absolute atomic E-state index is 0.0332. The number of imidazole rings is 1. The molecule has 8 nitrogen and oxygen atoms in total. The second kappa shape index (κ2) is 8.39. The van der Waals surface area contributed by atoms with Crippen molar-refractivity contribution in [3.8, 4) is 5.75 Å². The fraction of sp³-hybridized carbons (Fsp3) is 0.158. The first-order valence-electron chi connectivity index (χ1n) is 8.55. The van der Waals surface area contributed by atoms with Gasteiger partial charge >= 0.3 is 13.8 Å². The lowest BCUT2D eigenvalue weighted by molar-refractivity contribution is 0.0680. The highest BCUT2D eigenvalue weighted by molar-refractivity contribution is 7.46. The summed E-state index contributed by atoms with van der Waals surface area (Å²) in [7, 11) is -4.93. The number of hydrogen-bond donors (Lipinski definition) is 3. The number of para-hydroxylation sites is 1. The van der Waals surface area contributed by atoms with Crippen LogP contribution in [0.2, 0.25) is 0 Å². The lowest BCUT2D eigenvalue weighted by Crippen LogP contribution is -2.03. The van der Waals surface area contributed by atoms with Crippen LogP contribution >= 0.6 is 7.82 Å². The van der Waals surface area contributed by atoms with Gasteiger partial charge in [-0.05, 0) is 42.3 Å². The molecule has 0 bridgehead atoms. The zero-order chi connectivity index (χ0) is 20.1. The number of hydrogen-bond acceptors (Lipinski definition) is 5. The number of nitrogens with one attached hydrogen (secondary N) is 1. The first kappa shape index (κ1) is 19.8. The van der Waals surface area contributed by atoms with Gasteiger partial charge in [0.05, 0.1) is 17.7 Å². The van der Waals surface area contributed by atoms with E-state index in [0.717, 1.165) is 17.7 Å². The van der Waals surface area contributed by atoms with E-state index < -0.39 is 13.8 Å². The van der Waals surface area contributed by atoms with Gasteiger partial charge in [0.25, 0.3) is 0 Å². The van der Waals surface area contributed by atoms with Crippen LogP contribution in [0.15, 0.2) is 42.5 Å². The molecule has 0 unspecified atom stereocenters. The van der Waals surface area contributed by atoms with E-state index in [4.69, 9.17) is 14.5 Å². The molecule has 0 aliphatic heterocycles. The standard InChI is InChI=1S/C19H19N2O6P/c1-2-12-26-14-9-6-13(7-10-14)8-11-17-20-16-5-3-4-15(18(16)21-17)19(22)27-28(23,24)25/h3-11H,2,12H2,1H3,(H,20,21)(H2,23,24,25)/b11-8+. The molecule has 1 aromatic heterocycles. The highest BCUT2D eigenvalue weighted by atomic mass is 31.2. The Morgan fingerprint density at radius 2 is 1.93 bits per heavy atom. The van der Waals surface area contributed by atoms with Gasteiger partial charge in [-0.15, -0.1) is 0 Å². The fourth-order valence-corrected chi connectivity index (χ4v) is 2.84. The van der Waals surface area contributed by atoms with Gasteiger partial charge < -0.3 is 14.2 Å². The lowest BCUT2D eigenvalue weighted by Gasteiger charge is -2.05. The first-order chi connectivity index (χ1) is 13.4. The van der Waals surface area contributed by atoms with E-state index in [1.54, 1.807) is 18.2 Å². The minimum Gasteiger partial charge on any atom is -0.494 e. The van der Waals surface area contributed by atoms with Crippen molar-refractivity contribution in [1.82, 2.24) is 9.97 Å². The first-order valence-corrected chi connectivity index (χ1v) is 10.1. The second-order valence-electron chi connectivity index (χ2n) is 5.94. The Morgan fingerprint density at radius 1 is 1.18 bits per heavy atom. The van der Waals surface area contributed by atoms with Crippen molar-refractivity contribution >= 4 is 37.0 Å². The molecule has 0 spiro atoms. The van der Waals surface area contributed by atoms with Crippen molar-refractivity contribution in [1.29, 1.82) is 0 Å². The van der Waals surface area contributed by atoms with Crippen molar-refractivity contribution in [2.75, 3.05) is 6.61 Å². The zero-order valence-electron chi connectivity index (χ0n) is 15.0. The number of aromatic nitrogens is 2. The summed E-state index contributed by atoms with van der Waals surface area (Å²) in [6.07, 6.45) is 4.52. The van der Waals surface area contributed by atoms with Crippen molar-refractivity contribution in [2.24, 2.45) is 0 Å². The fourth-order valence-electron chi connectivity index (χ4n) is 2.52. The number of H-pyrrole nitrogens is 1. The number of phosphoric ester groups is 1. The van der Waals surface area contributed by atoms with E-state index >= 15 is 0 Å². The molecule has 3 N–H and O–H groups in total. The number of benzene rings is 2. The van der Waals surface area contributed by atoms with Crippen LogP contribution in [0.5, 0.6) is 5.75 Å². The Hall–Kier alpha value is -2.93. The van der Waals surface area contributed by atoms with E-state index in [1.165, 1.54) is 6.07 Å². The van der Waals surface area contributed by atoms with E-state index in [0.29, 0.717) is 17.9 Å². The Labute approximate surface area is 161 Å². The molecule has 28 heavy (non-hydrogen) atoms. The van der Waals surface area contributed by atoms with Crippen LogP contribution in [-0.4, -0.2) is 32.3 Å². The van der Waals surface area contributed by atoms with Gasteiger partial charge in [0, 0.05) is 0 Å². The molecule has 146 valence electrons. The van der Waals surface area contributed by atoms with Crippen molar-refractivity contribution < 1.29 is 28.4 Å². The van der Waals surface area contributed by atoms with Crippen LogP contribution in [0.4, 0.5) is 0 Å². The monoisotopic (exact) mass is 402 g/mol. The van der Waals surface area contributed by atoms with Crippen molar-refractivity contribution in [2.45, 2.75) is 13.3 Å². The zero-order valence-corrected chi connectivity index (χ0v) is 15.9. The summed E-state index contributed by atoms with van der Waals surface area (Å²) >= 11 is 0. The van der Waals surface area contributed by atoms with Crippen LogP contribution in [0.1, 0.15) is 35.1 Å². The van der Waals surface area contributed by atoms with Crippen LogP contribution in [0.3, 0.4) is 0 Å². The predicted octanol–water partition coefficient (Wildman–Crippen LogP) is 3.77. The number of fused-ring (bicyclic) bond motifs is 1. The van der Waals surface area contributed by atoms with Crippen LogP contribution < -0.4 is 4.74 Å². The number of nitrogens with zero attached hydrogens (tertiary/aromatic N) is 1. The van der Waals surface area contributed by atoms with E-state index in [-0.39, 0.29) is 11.1 Å². The molecule has 2 aromatic carbocycles. The SMILES string of the molecule is CCCOc1ccc(/C=C/c2nc3c(C(=O)OP(=O)(O)O)cccc3[nH]2)cc1. The van der Waals surface area contributed by atoms with Crippen molar-refractivity contribution in [3.05, 3.63) is 59.4 Å². The molecule has 3 rings (SSSR count). The molecule has 0 radical (unpaired) electrons. The normalized spacial score (nSPS) is 11.8. The van der Waals surface area contributed by atoms with Gasteiger partial charge in [-0.3, -0.25) is 9.79 Å². The molecule has 0 saturated carbocycles. The van der Waals surface area contributed by atoms with E-state index in [9.17, 15) is 9.36 Å². The predicted molar refractivity (Wildman–Crippen MR) is 105 cm³/mol. The smallest absolute Gasteiger partial charge is 0.494 e. The maximum atomic E-state index is 12.0. The van der Waals surface area contributed by atoms with E-state index in [1.807, 2.05) is 37.3 Å². The number of phosphoric acid groups is 1. The molecular formula is C19H19N2O6P. The maximum Gasteiger partial charge on any atom is 0.527 e. The molecule has 9 heteroatoms. The van der Waals surface area contributed by atoms with Crippen LogP contribution in [-0.2, 0) is 9.09 Å². The summed E-state index contributed by atoms with van der Waals surface area (Å²) in [5.74, 6) is 0.150. The highest BCUT2D eigenvalue weighted by Crippen LogP contribution is 2.37. The molecule has 0 atom stereocenters.